The number of imidazole rings is 1. The van der Waals surface area contributed by atoms with Crippen LogP contribution in [0.15, 0.2) is 158 Å². The van der Waals surface area contributed by atoms with E-state index >= 15 is 0 Å². The molecule has 0 bridgehead atoms. The van der Waals surface area contributed by atoms with Gasteiger partial charge >= 0.3 is 0 Å². The molecule has 358 valence electrons. The van der Waals surface area contributed by atoms with Crippen LogP contribution < -0.4 is 0 Å². The van der Waals surface area contributed by atoms with E-state index in [2.05, 4.69) is 209 Å². The van der Waals surface area contributed by atoms with Gasteiger partial charge in [-0.3, -0.25) is 9.55 Å². The van der Waals surface area contributed by atoms with Gasteiger partial charge in [0.25, 0.3) is 0 Å². The van der Waals surface area contributed by atoms with Crippen molar-refractivity contribution in [1.82, 2.24) is 14.5 Å². The Bertz CT molecular complexity index is 3470. The summed E-state index contributed by atoms with van der Waals surface area (Å²) in [6, 6.07) is 55.9. The van der Waals surface area contributed by atoms with Gasteiger partial charge in [0.15, 0.2) is 0 Å². The molecule has 0 saturated carbocycles. The second-order valence-electron chi connectivity index (χ2n) is 22.7. The van der Waals surface area contributed by atoms with E-state index in [0.717, 1.165) is 89.2 Å². The van der Waals surface area contributed by atoms with Crippen LogP contribution in [0.5, 0.6) is 5.75 Å². The number of rotatable bonds is 7. The second-order valence-corrected chi connectivity index (χ2v) is 22.7. The fourth-order valence-corrected chi connectivity index (χ4v) is 9.36. The maximum atomic E-state index is 12.8. The predicted molar refractivity (Wildman–Crippen MR) is 292 cm³/mol. The van der Waals surface area contributed by atoms with Gasteiger partial charge in [-0.1, -0.05) is 209 Å². The van der Waals surface area contributed by atoms with Crippen LogP contribution >= 0.6 is 0 Å². The average molecular weight is 1100 g/mol. The van der Waals surface area contributed by atoms with Gasteiger partial charge in [-0.25, -0.2) is 4.98 Å². The third-order valence-electron chi connectivity index (χ3n) is 13.3. The summed E-state index contributed by atoms with van der Waals surface area (Å²) in [4.78, 5) is 10.7. The van der Waals surface area contributed by atoms with Crippen LogP contribution in [-0.4, -0.2) is 19.6 Å². The molecule has 0 fully saturated rings. The Balaban J connectivity index is 0.00000711. The van der Waals surface area contributed by atoms with E-state index in [1.54, 1.807) is 18.3 Å². The fraction of sp³-hybridized carbons (Fsp3) is 0.262. The second kappa shape index (κ2) is 18.8. The van der Waals surface area contributed by atoms with Crippen molar-refractivity contribution in [2.24, 2.45) is 0 Å². The van der Waals surface area contributed by atoms with Crippen molar-refractivity contribution in [3.8, 4) is 78.6 Å². The number of aromatic hydroxyl groups is 1. The zero-order valence-corrected chi connectivity index (χ0v) is 44.9. The van der Waals surface area contributed by atoms with Crippen molar-refractivity contribution in [2.45, 2.75) is 112 Å². The first-order valence-electron chi connectivity index (χ1n) is 25.6. The maximum absolute atomic E-state index is 12.8. The minimum absolute atomic E-state index is 0. The molecule has 7 aromatic carbocycles. The summed E-state index contributed by atoms with van der Waals surface area (Å²) >= 11 is 0. The van der Waals surface area contributed by atoms with E-state index < -0.39 is 6.85 Å². The standard InChI is InChI=1S/C65H66N3O.Pt/c1-41-27-29-42(30-28-41)45-31-32-66-56(36-45)47-33-46(34-48(35-47)62(2,3)4)50-25-20-26-57-59(50)67-61(53-37-49(63(5,6)7)38-55(60(53)69)65(11,12)13)68(57)58-40-51(43-21-16-14-17-22-43)54(64(8,9)10)39-52(58)44-23-18-15-19-24-44;/h14-32,34-40,69H,1-13H3;/q-1;/i1D3;. The van der Waals surface area contributed by atoms with Gasteiger partial charge in [0.1, 0.15) is 11.6 Å². The van der Waals surface area contributed by atoms with E-state index in [-0.39, 0.29) is 48.5 Å². The molecule has 0 aliphatic carbocycles. The molecule has 2 aromatic heterocycles. The summed E-state index contributed by atoms with van der Waals surface area (Å²) in [6.07, 6.45) is 1.80. The Labute approximate surface area is 435 Å². The molecule has 0 amide bonds. The Hall–Kier alpha value is -6.35. The van der Waals surface area contributed by atoms with Crippen LogP contribution in [0.4, 0.5) is 0 Å². The minimum atomic E-state index is -2.18. The SMILES string of the molecule is [2H]C([2H])([2H])c1ccc(-c2ccnc(-c3[c-]c(-c4cccc5c4nc(-c4cc(C(C)(C)C)cc(C(C)(C)C)c4O)n5-c4cc(-c5ccccc5)c(C(C)(C)C)cc4-c4ccccc4)cc(C(C)(C)C)c3)c2)cc1.[Pt]. The summed E-state index contributed by atoms with van der Waals surface area (Å²) in [5, 5.41) is 12.8. The molecule has 9 rings (SSSR count). The molecule has 2 heterocycles. The first-order chi connectivity index (χ1) is 33.8. The number of hydrogen-bond donors (Lipinski definition) is 1. The summed E-state index contributed by atoms with van der Waals surface area (Å²) in [6.45, 7) is 24.4. The summed E-state index contributed by atoms with van der Waals surface area (Å²) < 4.78 is 26.0. The molecule has 0 saturated heterocycles. The topological polar surface area (TPSA) is 50.9 Å². The first kappa shape index (κ1) is 46.1. The zero-order valence-electron chi connectivity index (χ0n) is 45.6. The molecule has 0 unspecified atom stereocenters. The summed E-state index contributed by atoms with van der Waals surface area (Å²) in [5.41, 5.74) is 16.4. The molecular formula is C65H66N3OPt-. The van der Waals surface area contributed by atoms with Crippen molar-refractivity contribution < 1.29 is 30.3 Å². The molecule has 9 aromatic rings. The number of phenols is 1. The third kappa shape index (κ3) is 9.86. The molecule has 0 aliphatic heterocycles. The number of benzene rings is 7. The fourth-order valence-electron chi connectivity index (χ4n) is 9.36. The first-order valence-corrected chi connectivity index (χ1v) is 24.1. The van der Waals surface area contributed by atoms with E-state index in [4.69, 9.17) is 14.1 Å². The van der Waals surface area contributed by atoms with Crippen LogP contribution in [0.25, 0.3) is 83.9 Å². The number of fused-ring (bicyclic) bond motifs is 1. The largest absolute Gasteiger partial charge is 0.507 e. The van der Waals surface area contributed by atoms with Crippen molar-refractivity contribution in [2.75, 3.05) is 0 Å². The quantitative estimate of drug-likeness (QED) is 0.162. The Morgan fingerprint density at radius 1 is 0.500 bits per heavy atom. The van der Waals surface area contributed by atoms with Crippen LogP contribution in [0.2, 0.25) is 0 Å². The van der Waals surface area contributed by atoms with Gasteiger partial charge in [0, 0.05) is 48.2 Å². The van der Waals surface area contributed by atoms with Gasteiger partial charge < -0.3 is 5.11 Å². The number of aryl methyl sites for hydroxylation is 1. The van der Waals surface area contributed by atoms with Crippen molar-refractivity contribution in [3.63, 3.8) is 0 Å². The number of pyridine rings is 1. The average Bonchev–Trinajstić information content (AvgIpc) is 3.72. The monoisotopic (exact) mass is 1100 g/mol. The number of para-hydroxylation sites is 1. The van der Waals surface area contributed by atoms with Crippen LogP contribution in [0.1, 0.15) is 115 Å². The predicted octanol–water partition coefficient (Wildman–Crippen LogP) is 17.4. The maximum Gasteiger partial charge on any atom is 0.148 e. The molecule has 0 spiro atoms. The number of hydrogen-bond acceptors (Lipinski definition) is 3. The van der Waals surface area contributed by atoms with Gasteiger partial charge in [-0.2, -0.15) is 0 Å². The van der Waals surface area contributed by atoms with Gasteiger partial charge in [-0.05, 0) is 97.8 Å². The number of nitrogens with zero attached hydrogens (tertiary/aromatic N) is 3. The van der Waals surface area contributed by atoms with Crippen molar-refractivity contribution >= 4 is 11.0 Å². The van der Waals surface area contributed by atoms with E-state index in [9.17, 15) is 5.11 Å². The summed E-state index contributed by atoms with van der Waals surface area (Å²) in [5.74, 6) is 0.851. The normalized spacial score (nSPS) is 13.1. The van der Waals surface area contributed by atoms with E-state index in [1.807, 2.05) is 24.3 Å². The molecule has 0 radical (unpaired) electrons. The molecule has 5 heteroatoms. The van der Waals surface area contributed by atoms with Gasteiger partial charge in [0.2, 0.25) is 0 Å². The van der Waals surface area contributed by atoms with Gasteiger partial charge in [-0.15, -0.1) is 29.3 Å². The van der Waals surface area contributed by atoms with Crippen molar-refractivity contribution in [3.05, 3.63) is 192 Å². The zero-order chi connectivity index (χ0) is 51.7. The minimum Gasteiger partial charge on any atom is -0.507 e. The van der Waals surface area contributed by atoms with E-state index in [1.165, 1.54) is 5.56 Å². The number of aromatic nitrogens is 3. The smallest absolute Gasteiger partial charge is 0.148 e. The summed E-state index contributed by atoms with van der Waals surface area (Å²) in [7, 11) is 0. The molecule has 1 N–H and O–H groups in total. The Morgan fingerprint density at radius 3 is 1.70 bits per heavy atom. The van der Waals surface area contributed by atoms with Crippen LogP contribution in [0, 0.1) is 12.9 Å². The van der Waals surface area contributed by atoms with Crippen LogP contribution in [-0.2, 0) is 42.7 Å². The molecule has 0 aliphatic rings. The molecule has 4 nitrogen and oxygen atoms in total. The van der Waals surface area contributed by atoms with Crippen molar-refractivity contribution in [1.29, 1.82) is 0 Å². The van der Waals surface area contributed by atoms with Gasteiger partial charge in [0.05, 0.1) is 22.3 Å². The van der Waals surface area contributed by atoms with Crippen LogP contribution in [0.3, 0.4) is 0 Å². The molecule has 0 atom stereocenters. The Morgan fingerprint density at radius 2 is 1.10 bits per heavy atom. The third-order valence-corrected chi connectivity index (χ3v) is 13.3. The molecular weight excluding hydrogens is 1030 g/mol. The van der Waals surface area contributed by atoms with E-state index in [0.29, 0.717) is 17.0 Å². The Kier molecular flexibility index (Phi) is 12.3. The molecule has 70 heavy (non-hydrogen) atoms. The number of phenolic OH excluding ortho intramolecular Hbond substituents is 1.